The Bertz CT molecular complexity index is 1830. The number of carbonyl (C=O) groups excluding carboxylic acids is 2. The van der Waals surface area contributed by atoms with Gasteiger partial charge < -0.3 is 51.7 Å². The Morgan fingerprint density at radius 3 is 1.44 bits per heavy atom. The number of aromatic amines is 2. The number of likely N-dealkylation sites (tertiary alicyclic amines) is 2. The lowest BCUT2D eigenvalue weighted by Crippen LogP contribution is -2.48. The summed E-state index contributed by atoms with van der Waals surface area (Å²) in [6, 6.07) is 14.2. The van der Waals surface area contributed by atoms with Crippen LogP contribution in [0.4, 0.5) is 0 Å². The van der Waals surface area contributed by atoms with Gasteiger partial charge >= 0.3 is 11.9 Å². The third-order valence-electron chi connectivity index (χ3n) is 11.4. The molecule has 2 saturated heterocycles. The number of aromatic nitrogens is 2. The lowest BCUT2D eigenvalue weighted by Gasteiger charge is -2.45. The zero-order chi connectivity index (χ0) is 37.4. The highest BCUT2D eigenvalue weighted by molar-refractivity contribution is 5.89. The molecule has 2 aliphatic heterocycles. The number of carboxylic acid groups (broad SMARTS) is 2. The third kappa shape index (κ3) is 7.42. The first-order valence-corrected chi connectivity index (χ1v) is 17.7. The molecule has 2 fully saturated rings. The topological polar surface area (TPSA) is 239 Å². The van der Waals surface area contributed by atoms with Crippen molar-refractivity contribution in [3.63, 3.8) is 0 Å². The number of primary amides is 2. The minimum atomic E-state index is -2.27. The molecule has 10 N–H and O–H groups in total. The Hall–Kier alpha value is -4.76. The van der Waals surface area contributed by atoms with Crippen molar-refractivity contribution in [1.29, 1.82) is 0 Å². The van der Waals surface area contributed by atoms with E-state index in [2.05, 4.69) is 82.7 Å². The van der Waals surface area contributed by atoms with Gasteiger partial charge in [-0.2, -0.15) is 0 Å². The Morgan fingerprint density at radius 2 is 1.10 bits per heavy atom. The number of carbonyl (C=O) groups is 4. The van der Waals surface area contributed by atoms with Crippen LogP contribution in [-0.2, 0) is 32.0 Å². The highest BCUT2D eigenvalue weighted by atomic mass is 16.4. The van der Waals surface area contributed by atoms with Crippen LogP contribution < -0.4 is 11.5 Å². The van der Waals surface area contributed by atoms with Crippen molar-refractivity contribution in [2.45, 2.75) is 74.7 Å². The number of hydrogen-bond donors (Lipinski definition) is 8. The fourth-order valence-corrected chi connectivity index (χ4v) is 9.24. The largest absolute Gasteiger partial charge is 0.479 e. The van der Waals surface area contributed by atoms with Crippen molar-refractivity contribution < 1.29 is 39.6 Å². The highest BCUT2D eigenvalue weighted by Crippen LogP contribution is 2.46. The molecule has 4 aliphatic rings. The zero-order valence-corrected chi connectivity index (χ0v) is 29.4. The molecule has 2 aromatic heterocycles. The van der Waals surface area contributed by atoms with Gasteiger partial charge in [0.2, 0.25) is 11.8 Å². The summed E-state index contributed by atoms with van der Waals surface area (Å²) >= 11 is 0. The molecule has 2 aliphatic carbocycles. The summed E-state index contributed by atoms with van der Waals surface area (Å²) in [7, 11) is 4.37. The summed E-state index contributed by atoms with van der Waals surface area (Å²) in [6.45, 7) is 1.94. The fraction of sp³-hybridized carbons (Fsp3) is 0.474. The van der Waals surface area contributed by atoms with Crippen LogP contribution in [0, 0.1) is 11.8 Å². The molecule has 2 aromatic carbocycles. The van der Waals surface area contributed by atoms with E-state index in [1.54, 1.807) is 0 Å². The minimum absolute atomic E-state index is 0.178. The molecular weight excluding hydrogens is 668 g/mol. The number of likely N-dealkylation sites (N-methyl/N-ethyl adjacent to an activating group) is 2. The van der Waals surface area contributed by atoms with Crippen LogP contribution in [0.25, 0.3) is 21.8 Å². The number of carboxylic acids is 2. The first-order valence-electron chi connectivity index (χ1n) is 17.7. The summed E-state index contributed by atoms with van der Waals surface area (Å²) in [5.74, 6) is -2.11. The quantitative estimate of drug-likeness (QED) is 0.138. The number of aliphatic carboxylic acids is 2. The molecule has 0 spiro atoms. The number of hydrogen-bond acceptors (Lipinski definition) is 8. The van der Waals surface area contributed by atoms with Crippen molar-refractivity contribution >= 4 is 45.6 Å². The van der Waals surface area contributed by atoms with Crippen LogP contribution in [0.1, 0.15) is 59.8 Å². The van der Waals surface area contributed by atoms with Gasteiger partial charge in [0.1, 0.15) is 0 Å². The predicted octanol–water partition coefficient (Wildman–Crippen LogP) is 1.88. The van der Waals surface area contributed by atoms with E-state index in [0.717, 1.165) is 38.8 Å². The monoisotopic (exact) mass is 716 g/mol. The van der Waals surface area contributed by atoms with Gasteiger partial charge in [-0.3, -0.25) is 9.59 Å². The molecule has 2 amide bonds. The van der Waals surface area contributed by atoms with Gasteiger partial charge in [0.05, 0.1) is 0 Å². The van der Waals surface area contributed by atoms with E-state index in [4.69, 9.17) is 31.9 Å². The highest BCUT2D eigenvalue weighted by Gasteiger charge is 2.41. The lowest BCUT2D eigenvalue weighted by molar-refractivity contribution is -0.165. The van der Waals surface area contributed by atoms with Crippen LogP contribution in [-0.4, -0.2) is 115 Å². The Kier molecular flexibility index (Phi) is 10.7. The number of nitrogens with two attached hydrogens (primary N) is 2. The van der Waals surface area contributed by atoms with Gasteiger partial charge in [-0.25, -0.2) is 9.59 Å². The number of rotatable bonds is 7. The molecule has 0 saturated carbocycles. The average Bonchev–Trinajstić information content (AvgIpc) is 3.71. The molecule has 8 rings (SSSR count). The maximum Gasteiger partial charge on any atom is 0.335 e. The van der Waals surface area contributed by atoms with Gasteiger partial charge in [-0.15, -0.1) is 0 Å². The van der Waals surface area contributed by atoms with Crippen molar-refractivity contribution in [3.05, 3.63) is 71.0 Å². The second-order valence-electron chi connectivity index (χ2n) is 14.9. The maximum absolute atomic E-state index is 11.3. The van der Waals surface area contributed by atoms with Crippen LogP contribution in [0.2, 0.25) is 0 Å². The SMILES string of the molecule is CN1C[C@H](CC(N)=O)C[C@@H]2c3cccc4[nH]cc(c34)C[C@H]21.CN1C[C@H](CC(N)=O)C[C@@H]2c3cccc4[nH]cc(c34)C[C@H]21.O=C(O)[C@H](O)[C@@H](O)C(=O)O. The molecule has 4 heterocycles. The van der Waals surface area contributed by atoms with Gasteiger partial charge in [0.25, 0.3) is 0 Å². The van der Waals surface area contributed by atoms with Crippen molar-refractivity contribution in [3.8, 4) is 0 Å². The second kappa shape index (κ2) is 15.1. The zero-order valence-electron chi connectivity index (χ0n) is 29.4. The van der Waals surface area contributed by atoms with Crippen LogP contribution >= 0.6 is 0 Å². The number of H-pyrrole nitrogens is 2. The lowest BCUT2D eigenvalue weighted by atomic mass is 9.72. The smallest absolute Gasteiger partial charge is 0.335 e. The van der Waals surface area contributed by atoms with E-state index in [1.165, 1.54) is 44.1 Å². The first-order chi connectivity index (χ1) is 24.7. The van der Waals surface area contributed by atoms with Crippen LogP contribution in [0.3, 0.4) is 0 Å². The number of amides is 2. The van der Waals surface area contributed by atoms with Crippen molar-refractivity contribution in [2.75, 3.05) is 27.2 Å². The van der Waals surface area contributed by atoms with Crippen molar-refractivity contribution in [1.82, 2.24) is 19.8 Å². The third-order valence-corrected chi connectivity index (χ3v) is 11.4. The molecule has 0 radical (unpaired) electrons. The molecular formula is C38H48N6O8. The Morgan fingerprint density at radius 1 is 0.712 bits per heavy atom. The van der Waals surface area contributed by atoms with Gasteiger partial charge in [-0.1, -0.05) is 24.3 Å². The predicted molar refractivity (Wildman–Crippen MR) is 193 cm³/mol. The van der Waals surface area contributed by atoms with Gasteiger partial charge in [0.15, 0.2) is 12.2 Å². The summed E-state index contributed by atoms with van der Waals surface area (Å²) in [6.07, 6.45) is 5.14. The molecule has 0 bridgehead atoms. The molecule has 0 unspecified atom stereocenters. The number of aliphatic hydroxyl groups is 2. The number of fused-ring (bicyclic) bond motifs is 4. The van der Waals surface area contributed by atoms with Crippen molar-refractivity contribution in [2.24, 2.45) is 23.3 Å². The van der Waals surface area contributed by atoms with Crippen LogP contribution in [0.15, 0.2) is 48.8 Å². The van der Waals surface area contributed by atoms with E-state index >= 15 is 0 Å². The standard InChI is InChI=1S/2C17H21N3O.C4H6O6/c2*1-20-9-10(6-16(18)21)5-13-12-3-2-4-14-17(12)11(8-19-14)7-15(13)20;5-1(3(7)8)2(6)4(9)10/h2*2-4,8,10,13,15,19H,5-7,9H2,1H3,(H2,18,21);1-2,5-6H,(H,7,8)(H,9,10)/t2*10-,13+,15+;1-,2-/m001/s1. The Balaban J connectivity index is 0.000000144. The number of nitrogens with one attached hydrogen (secondary N) is 2. The second-order valence-corrected chi connectivity index (χ2v) is 14.9. The summed E-state index contributed by atoms with van der Waals surface area (Å²) < 4.78 is 0. The molecule has 52 heavy (non-hydrogen) atoms. The Labute approximate surface area is 300 Å². The van der Waals surface area contributed by atoms with Crippen LogP contribution in [0.5, 0.6) is 0 Å². The van der Waals surface area contributed by atoms with Gasteiger partial charge in [0, 0.05) is 84.1 Å². The first kappa shape index (κ1) is 37.0. The summed E-state index contributed by atoms with van der Waals surface area (Å²) in [4.78, 5) is 53.7. The molecule has 8 atom stereocenters. The number of benzene rings is 2. The molecule has 14 nitrogen and oxygen atoms in total. The molecule has 278 valence electrons. The molecule has 4 aromatic rings. The minimum Gasteiger partial charge on any atom is -0.479 e. The maximum atomic E-state index is 11.3. The average molecular weight is 717 g/mol. The fourth-order valence-electron chi connectivity index (χ4n) is 9.24. The van der Waals surface area contributed by atoms with E-state index in [-0.39, 0.29) is 11.8 Å². The normalized spacial score (nSPS) is 26.1. The van der Waals surface area contributed by atoms with E-state index in [0.29, 0.717) is 48.6 Å². The number of nitrogens with zero attached hydrogens (tertiary/aromatic N) is 2. The van der Waals surface area contributed by atoms with E-state index in [9.17, 15) is 19.2 Å². The number of piperidine rings is 2. The van der Waals surface area contributed by atoms with E-state index < -0.39 is 24.1 Å². The molecule has 14 heteroatoms. The summed E-state index contributed by atoms with van der Waals surface area (Å²) in [5, 5.41) is 35.3. The van der Waals surface area contributed by atoms with E-state index in [1.807, 2.05) is 0 Å². The summed E-state index contributed by atoms with van der Waals surface area (Å²) in [5.41, 5.74) is 19.1. The number of aliphatic hydroxyl groups excluding tert-OH is 2. The van der Waals surface area contributed by atoms with Gasteiger partial charge in [-0.05, 0) is 86.0 Å².